The number of H-pyrrole nitrogens is 1. The van der Waals surface area contributed by atoms with Crippen LogP contribution in [0, 0.1) is 12.8 Å². The molecule has 1 fully saturated rings. The van der Waals surface area contributed by atoms with Crippen molar-refractivity contribution >= 4 is 10.0 Å². The maximum absolute atomic E-state index is 12.8. The quantitative estimate of drug-likeness (QED) is 0.836. The standard InChI is InChI=1S/C14H26N4O2S/c1-5-12-6-7-18(9-12)21(19,20)14-13(8-15-10(2)3)11(4)16-17-14/h10,12,15H,5-9H2,1-4H3,(H,16,17). The van der Waals surface area contributed by atoms with E-state index in [9.17, 15) is 8.42 Å². The average Bonchev–Trinajstić information content (AvgIpc) is 3.03. The second kappa shape index (κ2) is 6.46. The lowest BCUT2D eigenvalue weighted by molar-refractivity contribution is 0.449. The molecule has 0 bridgehead atoms. The fourth-order valence-corrected chi connectivity index (χ4v) is 4.32. The first-order valence-corrected chi connectivity index (χ1v) is 9.07. The Morgan fingerprint density at radius 3 is 2.76 bits per heavy atom. The van der Waals surface area contributed by atoms with Crippen LogP contribution >= 0.6 is 0 Å². The highest BCUT2D eigenvalue weighted by molar-refractivity contribution is 7.89. The van der Waals surface area contributed by atoms with Crippen LogP contribution in [-0.4, -0.2) is 42.1 Å². The minimum absolute atomic E-state index is 0.185. The highest BCUT2D eigenvalue weighted by Gasteiger charge is 2.35. The largest absolute Gasteiger partial charge is 0.310 e. The summed E-state index contributed by atoms with van der Waals surface area (Å²) in [5, 5.41) is 10.3. The fourth-order valence-electron chi connectivity index (χ4n) is 2.63. The molecule has 1 aromatic heterocycles. The van der Waals surface area contributed by atoms with Gasteiger partial charge in [-0.2, -0.15) is 9.40 Å². The van der Waals surface area contributed by atoms with Crippen molar-refractivity contribution in [3.63, 3.8) is 0 Å². The molecule has 1 aromatic rings. The molecule has 1 saturated heterocycles. The minimum Gasteiger partial charge on any atom is -0.310 e. The number of hydrogen-bond acceptors (Lipinski definition) is 4. The van der Waals surface area contributed by atoms with Gasteiger partial charge in [0.1, 0.15) is 0 Å². The third-order valence-electron chi connectivity index (χ3n) is 4.13. The number of nitrogens with zero attached hydrogens (tertiary/aromatic N) is 2. The molecule has 1 atom stereocenters. The van der Waals surface area contributed by atoms with Crippen LogP contribution in [0.1, 0.15) is 44.9 Å². The smallest absolute Gasteiger partial charge is 0.262 e. The number of sulfonamides is 1. The van der Waals surface area contributed by atoms with Gasteiger partial charge in [0.25, 0.3) is 10.0 Å². The Bertz CT molecular complexity index is 580. The van der Waals surface area contributed by atoms with Gasteiger partial charge in [-0.05, 0) is 19.3 Å². The Kier molecular flexibility index (Phi) is 5.06. The predicted molar refractivity (Wildman–Crippen MR) is 82.5 cm³/mol. The number of rotatable bonds is 6. The average molecular weight is 314 g/mol. The first kappa shape index (κ1) is 16.5. The fraction of sp³-hybridized carbons (Fsp3) is 0.786. The van der Waals surface area contributed by atoms with Gasteiger partial charge in [-0.3, -0.25) is 5.10 Å². The van der Waals surface area contributed by atoms with Crippen molar-refractivity contribution in [3.05, 3.63) is 11.3 Å². The second-order valence-electron chi connectivity index (χ2n) is 6.09. The molecule has 2 heterocycles. The Balaban J connectivity index is 2.24. The molecular weight excluding hydrogens is 288 g/mol. The van der Waals surface area contributed by atoms with Gasteiger partial charge in [0, 0.05) is 36.9 Å². The SMILES string of the molecule is CCC1CCN(S(=O)(=O)c2n[nH]c(C)c2CNC(C)C)C1. The van der Waals surface area contributed by atoms with Crippen molar-refractivity contribution in [2.45, 2.75) is 58.1 Å². The Morgan fingerprint density at radius 1 is 1.48 bits per heavy atom. The maximum atomic E-state index is 12.8. The van der Waals surface area contributed by atoms with Gasteiger partial charge in [-0.1, -0.05) is 27.2 Å². The van der Waals surface area contributed by atoms with Gasteiger partial charge in [-0.15, -0.1) is 0 Å². The van der Waals surface area contributed by atoms with Crippen molar-refractivity contribution < 1.29 is 8.42 Å². The number of aryl methyl sites for hydroxylation is 1. The van der Waals surface area contributed by atoms with Gasteiger partial charge in [0.2, 0.25) is 0 Å². The molecule has 1 unspecified atom stereocenters. The van der Waals surface area contributed by atoms with Crippen molar-refractivity contribution in [1.29, 1.82) is 0 Å². The van der Waals surface area contributed by atoms with Gasteiger partial charge in [0.05, 0.1) is 0 Å². The van der Waals surface area contributed by atoms with E-state index < -0.39 is 10.0 Å². The molecule has 21 heavy (non-hydrogen) atoms. The van der Waals surface area contributed by atoms with Gasteiger partial charge < -0.3 is 5.32 Å². The molecule has 1 aliphatic rings. The molecule has 0 amide bonds. The van der Waals surface area contributed by atoms with Gasteiger partial charge in [0.15, 0.2) is 5.03 Å². The summed E-state index contributed by atoms with van der Waals surface area (Å²) >= 11 is 0. The Labute approximate surface area is 127 Å². The molecule has 6 nitrogen and oxygen atoms in total. The second-order valence-corrected chi connectivity index (χ2v) is 7.95. The van der Waals surface area contributed by atoms with Crippen LogP contribution in [0.3, 0.4) is 0 Å². The molecule has 7 heteroatoms. The van der Waals surface area contributed by atoms with E-state index in [-0.39, 0.29) is 5.03 Å². The summed E-state index contributed by atoms with van der Waals surface area (Å²) in [6.45, 7) is 9.77. The summed E-state index contributed by atoms with van der Waals surface area (Å²) < 4.78 is 27.2. The molecule has 1 aliphatic heterocycles. The van der Waals surface area contributed by atoms with Crippen LogP contribution in [0.2, 0.25) is 0 Å². The lowest BCUT2D eigenvalue weighted by atomic mass is 10.1. The third-order valence-corrected chi connectivity index (χ3v) is 5.97. The zero-order valence-electron chi connectivity index (χ0n) is 13.3. The maximum Gasteiger partial charge on any atom is 0.262 e. The highest BCUT2D eigenvalue weighted by Crippen LogP contribution is 2.27. The minimum atomic E-state index is -3.49. The van der Waals surface area contributed by atoms with E-state index in [1.54, 1.807) is 4.31 Å². The summed E-state index contributed by atoms with van der Waals surface area (Å²) in [7, 11) is -3.49. The van der Waals surface area contributed by atoms with Crippen molar-refractivity contribution in [2.24, 2.45) is 5.92 Å². The van der Waals surface area contributed by atoms with E-state index in [0.29, 0.717) is 31.6 Å². The monoisotopic (exact) mass is 314 g/mol. The molecule has 0 saturated carbocycles. The normalized spacial score (nSPS) is 20.5. The van der Waals surface area contributed by atoms with Crippen molar-refractivity contribution in [1.82, 2.24) is 19.8 Å². The van der Waals surface area contributed by atoms with E-state index in [1.165, 1.54) is 0 Å². The molecule has 0 aliphatic carbocycles. The molecule has 0 radical (unpaired) electrons. The summed E-state index contributed by atoms with van der Waals surface area (Å²) in [6.07, 6.45) is 1.96. The zero-order valence-corrected chi connectivity index (χ0v) is 14.1. The summed E-state index contributed by atoms with van der Waals surface area (Å²) in [6, 6.07) is 0.297. The zero-order chi connectivity index (χ0) is 15.6. The van der Waals surface area contributed by atoms with Crippen LogP contribution in [0.4, 0.5) is 0 Å². The van der Waals surface area contributed by atoms with Crippen LogP contribution < -0.4 is 5.32 Å². The van der Waals surface area contributed by atoms with E-state index >= 15 is 0 Å². The van der Waals surface area contributed by atoms with Crippen molar-refractivity contribution in [2.75, 3.05) is 13.1 Å². The van der Waals surface area contributed by atoms with E-state index in [2.05, 4.69) is 22.4 Å². The Hall–Kier alpha value is -0.920. The van der Waals surface area contributed by atoms with E-state index in [0.717, 1.165) is 24.1 Å². The van der Waals surface area contributed by atoms with Crippen LogP contribution in [-0.2, 0) is 16.6 Å². The molecule has 2 N–H and O–H groups in total. The topological polar surface area (TPSA) is 78.1 Å². The predicted octanol–water partition coefficient (Wildman–Crippen LogP) is 1.64. The van der Waals surface area contributed by atoms with Crippen molar-refractivity contribution in [3.8, 4) is 0 Å². The summed E-state index contributed by atoms with van der Waals surface area (Å²) in [5.41, 5.74) is 1.57. The molecular formula is C14H26N4O2S. The number of nitrogens with one attached hydrogen (secondary N) is 2. The number of hydrogen-bond donors (Lipinski definition) is 2. The van der Waals surface area contributed by atoms with Gasteiger partial charge >= 0.3 is 0 Å². The first-order valence-electron chi connectivity index (χ1n) is 7.63. The van der Waals surface area contributed by atoms with Gasteiger partial charge in [-0.25, -0.2) is 8.42 Å². The summed E-state index contributed by atoms with van der Waals surface area (Å²) in [4.78, 5) is 0. The highest BCUT2D eigenvalue weighted by atomic mass is 32.2. The molecule has 120 valence electrons. The number of aromatic nitrogens is 2. The van der Waals surface area contributed by atoms with Crippen LogP contribution in [0.15, 0.2) is 5.03 Å². The molecule has 0 aromatic carbocycles. The lowest BCUT2D eigenvalue weighted by Crippen LogP contribution is -2.31. The van der Waals surface area contributed by atoms with E-state index in [4.69, 9.17) is 0 Å². The van der Waals surface area contributed by atoms with Crippen LogP contribution in [0.25, 0.3) is 0 Å². The third kappa shape index (κ3) is 3.46. The molecule has 2 rings (SSSR count). The number of aromatic amines is 1. The van der Waals surface area contributed by atoms with Crippen LogP contribution in [0.5, 0.6) is 0 Å². The Morgan fingerprint density at radius 2 is 2.19 bits per heavy atom. The first-order chi connectivity index (χ1) is 9.86. The molecule has 0 spiro atoms. The lowest BCUT2D eigenvalue weighted by Gasteiger charge is -2.16. The summed E-state index contributed by atoms with van der Waals surface area (Å²) in [5.74, 6) is 0.469. The van der Waals surface area contributed by atoms with E-state index in [1.807, 2.05) is 20.8 Å².